The molecule has 8 rings (SSSR count). The summed E-state index contributed by atoms with van der Waals surface area (Å²) in [6, 6.07) is 29.9. The number of piperazine rings is 2. The molecule has 3 aliphatic heterocycles. The highest BCUT2D eigenvalue weighted by Crippen LogP contribution is 2.44. The summed E-state index contributed by atoms with van der Waals surface area (Å²) < 4.78 is 65.6. The summed E-state index contributed by atoms with van der Waals surface area (Å²) in [5, 5.41) is 0.730. The van der Waals surface area contributed by atoms with Gasteiger partial charge >= 0.3 is 6.09 Å². The first-order chi connectivity index (χ1) is 37.6. The van der Waals surface area contributed by atoms with Crippen molar-refractivity contribution in [2.24, 2.45) is 11.3 Å². The number of halogens is 1. The lowest BCUT2D eigenvalue weighted by Gasteiger charge is -2.42. The Balaban J connectivity index is 0.853. The minimum atomic E-state index is -4.19. The second kappa shape index (κ2) is 27.2. The minimum Gasteiger partial charge on any atom is -0.444 e. The van der Waals surface area contributed by atoms with Gasteiger partial charge in [-0.2, -0.15) is 0 Å². The number of sulfone groups is 2. The number of hydrogen-bond donors (Lipinski definition) is 0. The Kier molecular flexibility index (Phi) is 20.9. The van der Waals surface area contributed by atoms with Gasteiger partial charge in [-0.1, -0.05) is 60.5 Å². The first-order valence-corrected chi connectivity index (χ1v) is 33.0. The van der Waals surface area contributed by atoms with Gasteiger partial charge in [-0.15, -0.1) is 11.8 Å². The molecule has 0 radical (unpaired) electrons. The number of Topliss-reactive ketones (excluding diaryl/α,β-unsaturated/α-hetero) is 1. The molecule has 1 aliphatic carbocycles. The molecule has 0 saturated carbocycles. The standard InChI is InChI=1S/C61H83ClN6O8S3/c1-60(2,3)76-59(70)68-34-28-65(29-35-68)27-26-63(5)46-61(4)24-22-56(48-12-17-52(62)18-13-48)51(42-61)43-66-30-32-67(33-31-66)53-19-14-49(15-20-53)57(69)45-79(73,74)55-21-16-50(58(41-55)78(6,71)72)40-47(23-25-64-36-38-75-39-37-64)44-77-54-10-8-7-9-11-54/h7-21,41,47H,22-40,42-46H2,1-6H3/t47-,61?/m0/s1. The van der Waals surface area contributed by atoms with Crippen molar-refractivity contribution in [3.05, 3.63) is 124 Å². The maximum atomic E-state index is 13.9. The van der Waals surface area contributed by atoms with Crippen LogP contribution in [0.5, 0.6) is 0 Å². The summed E-state index contributed by atoms with van der Waals surface area (Å²) in [4.78, 5) is 41.2. The van der Waals surface area contributed by atoms with E-state index in [1.165, 1.54) is 28.8 Å². The van der Waals surface area contributed by atoms with Crippen LogP contribution < -0.4 is 4.90 Å². The van der Waals surface area contributed by atoms with Crippen LogP contribution in [0.3, 0.4) is 0 Å². The molecule has 3 heterocycles. The number of thioether (sulfide) groups is 1. The molecule has 0 bridgehead atoms. The molecule has 1 unspecified atom stereocenters. The number of hydrogen-bond acceptors (Lipinski definition) is 14. The normalized spacial score (nSPS) is 19.9. The van der Waals surface area contributed by atoms with Crippen LogP contribution in [0.25, 0.3) is 5.57 Å². The van der Waals surface area contributed by atoms with Crippen LogP contribution in [-0.4, -0.2) is 195 Å². The topological polar surface area (TPSA) is 140 Å². The molecule has 1 amide bonds. The fraction of sp³-hybridized carbons (Fsp3) is 0.541. The van der Waals surface area contributed by atoms with E-state index in [4.69, 9.17) is 21.1 Å². The van der Waals surface area contributed by atoms with Gasteiger partial charge in [0.25, 0.3) is 0 Å². The fourth-order valence-electron chi connectivity index (χ4n) is 11.5. The van der Waals surface area contributed by atoms with Crippen molar-refractivity contribution >= 4 is 66.2 Å². The fourth-order valence-corrected chi connectivity index (χ4v) is 15.0. The van der Waals surface area contributed by atoms with E-state index in [0.717, 1.165) is 138 Å². The molecule has 18 heteroatoms. The number of likely N-dealkylation sites (N-methyl/N-ethyl adjacent to an activating group) is 1. The Labute approximate surface area is 480 Å². The number of allylic oxidation sites excluding steroid dienone is 1. The number of carbonyl (C=O) groups is 2. The molecule has 0 spiro atoms. The zero-order chi connectivity index (χ0) is 56.4. The van der Waals surface area contributed by atoms with Gasteiger partial charge in [-0.25, -0.2) is 21.6 Å². The van der Waals surface area contributed by atoms with Crippen LogP contribution >= 0.6 is 23.4 Å². The minimum absolute atomic E-state index is 0.0112. The zero-order valence-electron chi connectivity index (χ0n) is 47.3. The van der Waals surface area contributed by atoms with E-state index in [9.17, 15) is 26.4 Å². The van der Waals surface area contributed by atoms with E-state index in [0.29, 0.717) is 38.3 Å². The first-order valence-electron chi connectivity index (χ1n) is 28.1. The van der Waals surface area contributed by atoms with E-state index in [1.807, 2.05) is 68.1 Å². The van der Waals surface area contributed by atoms with E-state index < -0.39 is 36.8 Å². The Morgan fingerprint density at radius 2 is 1.47 bits per heavy atom. The third-order valence-electron chi connectivity index (χ3n) is 15.9. The quantitative estimate of drug-likeness (QED) is 0.0545. The van der Waals surface area contributed by atoms with Gasteiger partial charge in [-0.3, -0.25) is 19.5 Å². The first kappa shape index (κ1) is 60.8. The number of rotatable bonds is 22. The van der Waals surface area contributed by atoms with Crippen molar-refractivity contribution in [2.45, 2.75) is 80.1 Å². The van der Waals surface area contributed by atoms with Gasteiger partial charge in [0.05, 0.1) is 23.0 Å². The highest BCUT2D eigenvalue weighted by atomic mass is 35.5. The summed E-state index contributed by atoms with van der Waals surface area (Å²) in [6.45, 7) is 22.3. The molecule has 4 aromatic rings. The molecule has 0 N–H and O–H groups in total. The lowest BCUT2D eigenvalue weighted by Crippen LogP contribution is -2.51. The average Bonchev–Trinajstić information content (AvgIpc) is 3.41. The van der Waals surface area contributed by atoms with E-state index in [2.05, 4.69) is 62.7 Å². The zero-order valence-corrected chi connectivity index (χ0v) is 50.5. The predicted octanol–water partition coefficient (Wildman–Crippen LogP) is 9.32. The number of carbonyl (C=O) groups excluding carboxylic acids is 2. The van der Waals surface area contributed by atoms with Crippen molar-refractivity contribution in [1.29, 1.82) is 0 Å². The van der Waals surface area contributed by atoms with Crippen molar-refractivity contribution in [2.75, 3.05) is 141 Å². The lowest BCUT2D eigenvalue weighted by atomic mass is 9.71. The number of amides is 1. The van der Waals surface area contributed by atoms with Crippen LogP contribution in [0.2, 0.25) is 5.02 Å². The molecule has 430 valence electrons. The number of morpholine rings is 1. The maximum absolute atomic E-state index is 13.9. The van der Waals surface area contributed by atoms with Crippen LogP contribution in [0, 0.1) is 11.3 Å². The number of anilines is 1. The number of ketones is 1. The second-order valence-corrected chi connectivity index (χ2v) is 29.1. The van der Waals surface area contributed by atoms with Gasteiger partial charge in [0.2, 0.25) is 0 Å². The molecule has 3 saturated heterocycles. The molecular formula is C61H83ClN6O8S3. The van der Waals surface area contributed by atoms with Crippen LogP contribution in [0.15, 0.2) is 117 Å². The summed E-state index contributed by atoms with van der Waals surface area (Å²) >= 11 is 8.10. The van der Waals surface area contributed by atoms with Crippen molar-refractivity contribution in [1.82, 2.24) is 24.5 Å². The van der Waals surface area contributed by atoms with Crippen LogP contribution in [0.1, 0.15) is 74.9 Å². The molecule has 79 heavy (non-hydrogen) atoms. The molecular weight excluding hydrogens is 1080 g/mol. The smallest absolute Gasteiger partial charge is 0.410 e. The van der Waals surface area contributed by atoms with Crippen molar-refractivity contribution in [3.63, 3.8) is 0 Å². The molecule has 4 aliphatic rings. The van der Waals surface area contributed by atoms with Gasteiger partial charge in [0, 0.05) is 125 Å². The number of benzene rings is 4. The lowest BCUT2D eigenvalue weighted by molar-refractivity contribution is 0.0136. The monoisotopic (exact) mass is 1160 g/mol. The summed E-state index contributed by atoms with van der Waals surface area (Å²) in [6.07, 6.45) is 5.30. The number of ether oxygens (including phenoxy) is 2. The van der Waals surface area contributed by atoms with Gasteiger partial charge in [-0.05, 0) is 155 Å². The van der Waals surface area contributed by atoms with Gasteiger partial charge in [0.15, 0.2) is 25.5 Å². The van der Waals surface area contributed by atoms with Crippen molar-refractivity contribution < 1.29 is 35.9 Å². The largest absolute Gasteiger partial charge is 0.444 e. The number of nitrogens with zero attached hydrogens (tertiary/aromatic N) is 6. The Bertz CT molecular complexity index is 2940. The molecule has 0 aromatic heterocycles. The van der Waals surface area contributed by atoms with E-state index in [1.54, 1.807) is 30.0 Å². The molecule has 3 fully saturated rings. The highest BCUT2D eigenvalue weighted by molar-refractivity contribution is 7.99. The SMILES string of the molecule is CN(CCN1CCN(C(=O)OC(C)(C)C)CC1)CC1(C)CCC(c2ccc(Cl)cc2)=C(CN2CCN(c3ccc(C(=O)CS(=O)(=O)c4ccc(C[C@H](CCN5CCOCC5)CSc5ccccc5)c(S(C)(=O)=O)c4)cc3)CC2)C1. The average molecular weight is 1160 g/mol. The summed E-state index contributed by atoms with van der Waals surface area (Å²) in [5.41, 5.74) is 5.59. The van der Waals surface area contributed by atoms with Gasteiger partial charge in [0.1, 0.15) is 11.4 Å². The Morgan fingerprint density at radius 1 is 0.810 bits per heavy atom. The van der Waals surface area contributed by atoms with Gasteiger partial charge < -0.3 is 24.2 Å². The third kappa shape index (κ3) is 17.8. The van der Waals surface area contributed by atoms with Crippen LogP contribution in [0.4, 0.5) is 10.5 Å². The van der Waals surface area contributed by atoms with Crippen LogP contribution in [-0.2, 0) is 35.6 Å². The Morgan fingerprint density at radius 3 is 2.13 bits per heavy atom. The third-order valence-corrected chi connectivity index (χ3v) is 20.2. The predicted molar refractivity (Wildman–Crippen MR) is 319 cm³/mol. The van der Waals surface area contributed by atoms with E-state index >= 15 is 0 Å². The molecule has 2 atom stereocenters. The highest BCUT2D eigenvalue weighted by Gasteiger charge is 2.35. The maximum Gasteiger partial charge on any atom is 0.410 e. The Hall–Kier alpha value is -4.30. The second-order valence-electron chi connectivity index (χ2n) is 23.6. The molecule has 14 nitrogen and oxygen atoms in total. The van der Waals surface area contributed by atoms with Crippen molar-refractivity contribution in [3.8, 4) is 0 Å². The summed E-state index contributed by atoms with van der Waals surface area (Å²) in [5.74, 6) is -0.427. The molecule has 4 aromatic carbocycles. The summed E-state index contributed by atoms with van der Waals surface area (Å²) in [7, 11) is -5.77. The van der Waals surface area contributed by atoms with E-state index in [-0.39, 0.29) is 32.8 Å².